The lowest BCUT2D eigenvalue weighted by atomic mass is 10.1. The van der Waals surface area contributed by atoms with Crippen LogP contribution in [-0.2, 0) is 9.59 Å². The first-order valence-electron chi connectivity index (χ1n) is 6.44. The molecule has 0 unspecified atom stereocenters. The summed E-state index contributed by atoms with van der Waals surface area (Å²) in [5.74, 6) is -1.04. The van der Waals surface area contributed by atoms with Gasteiger partial charge in [0.05, 0.1) is 16.8 Å². The van der Waals surface area contributed by atoms with E-state index in [1.54, 1.807) is 35.9 Å². The molecule has 1 heterocycles. The number of hydrogen-bond acceptors (Lipinski definition) is 3. The molecule has 0 radical (unpaired) electrons. The van der Waals surface area contributed by atoms with E-state index in [0.717, 1.165) is 0 Å². The molecule has 0 spiro atoms. The van der Waals surface area contributed by atoms with E-state index in [0.29, 0.717) is 23.7 Å². The highest BCUT2D eigenvalue weighted by molar-refractivity contribution is 6.33. The van der Waals surface area contributed by atoms with Gasteiger partial charge in [-0.1, -0.05) is 23.7 Å². The summed E-state index contributed by atoms with van der Waals surface area (Å²) in [4.78, 5) is 26.7. The van der Waals surface area contributed by atoms with Crippen molar-refractivity contribution in [3.63, 3.8) is 0 Å². The van der Waals surface area contributed by atoms with Crippen molar-refractivity contribution in [2.24, 2.45) is 0 Å². The Labute approximate surface area is 122 Å². The number of aliphatic carboxylic acids is 1. The first kappa shape index (κ1) is 14.8. The van der Waals surface area contributed by atoms with Gasteiger partial charge in [-0.2, -0.15) is 0 Å². The van der Waals surface area contributed by atoms with Crippen LogP contribution in [0.25, 0.3) is 0 Å². The van der Waals surface area contributed by atoms with Crippen LogP contribution in [0.3, 0.4) is 0 Å². The van der Waals surface area contributed by atoms with Gasteiger partial charge in [0, 0.05) is 6.54 Å². The summed E-state index contributed by atoms with van der Waals surface area (Å²) in [5.41, 5.74) is 0.679. The van der Waals surface area contributed by atoms with Gasteiger partial charge in [0.15, 0.2) is 0 Å². The van der Waals surface area contributed by atoms with E-state index < -0.39 is 18.1 Å². The fourth-order valence-electron chi connectivity index (χ4n) is 2.40. The zero-order valence-electron chi connectivity index (χ0n) is 11.4. The molecule has 1 aromatic rings. The number of benzene rings is 1. The minimum absolute atomic E-state index is 0.103. The molecule has 0 aromatic heterocycles. The first-order chi connectivity index (χ1) is 9.43. The van der Waals surface area contributed by atoms with E-state index in [4.69, 9.17) is 16.7 Å². The predicted octanol–water partition coefficient (Wildman–Crippen LogP) is 1.85. The number of halogens is 1. The Morgan fingerprint density at radius 2 is 2.15 bits per heavy atom. The average molecular weight is 297 g/mol. The Morgan fingerprint density at radius 1 is 1.50 bits per heavy atom. The normalized spacial score (nSPS) is 20.5. The lowest BCUT2D eigenvalue weighted by molar-refractivity contribution is -0.143. The van der Waals surface area contributed by atoms with Crippen molar-refractivity contribution in [1.29, 1.82) is 0 Å². The van der Waals surface area contributed by atoms with E-state index in [-0.39, 0.29) is 5.91 Å². The van der Waals surface area contributed by atoms with Crippen molar-refractivity contribution >= 4 is 29.2 Å². The maximum Gasteiger partial charge on any atom is 0.320 e. The fourth-order valence-corrected chi connectivity index (χ4v) is 2.63. The highest BCUT2D eigenvalue weighted by atomic mass is 35.5. The van der Waals surface area contributed by atoms with Gasteiger partial charge in [-0.05, 0) is 32.5 Å². The Morgan fingerprint density at radius 3 is 2.75 bits per heavy atom. The number of likely N-dealkylation sites (N-methyl/N-ethyl adjacent to an activating group) is 1. The van der Waals surface area contributed by atoms with Gasteiger partial charge in [0.2, 0.25) is 5.91 Å². The van der Waals surface area contributed by atoms with Gasteiger partial charge in [-0.25, -0.2) is 0 Å². The van der Waals surface area contributed by atoms with Crippen LogP contribution in [0.4, 0.5) is 5.69 Å². The third kappa shape index (κ3) is 2.64. The van der Waals surface area contributed by atoms with E-state index >= 15 is 0 Å². The van der Waals surface area contributed by atoms with Gasteiger partial charge < -0.3 is 10.0 Å². The zero-order valence-corrected chi connectivity index (χ0v) is 12.2. The number of carbonyl (C=O) groups is 2. The SMILES string of the molecule is C[C@H](C(=O)O)N(C)[C@H]1CCN(c2ccccc2Cl)C1=O. The van der Waals surface area contributed by atoms with Crippen LogP contribution in [0.1, 0.15) is 13.3 Å². The summed E-state index contributed by atoms with van der Waals surface area (Å²) >= 11 is 6.11. The van der Waals surface area contributed by atoms with Crippen molar-refractivity contribution in [2.75, 3.05) is 18.5 Å². The highest BCUT2D eigenvalue weighted by Crippen LogP contribution is 2.30. The average Bonchev–Trinajstić information content (AvgIpc) is 2.79. The molecule has 1 aromatic carbocycles. The van der Waals surface area contributed by atoms with Gasteiger partial charge in [0.1, 0.15) is 6.04 Å². The third-order valence-corrected chi connectivity index (χ3v) is 4.10. The molecule has 2 rings (SSSR count). The van der Waals surface area contributed by atoms with Crippen LogP contribution < -0.4 is 4.90 Å². The summed E-state index contributed by atoms with van der Waals surface area (Å²) < 4.78 is 0. The second-order valence-corrected chi connectivity index (χ2v) is 5.33. The molecule has 1 aliphatic heterocycles. The molecule has 0 saturated carbocycles. The van der Waals surface area contributed by atoms with Crippen LogP contribution >= 0.6 is 11.6 Å². The van der Waals surface area contributed by atoms with Crippen molar-refractivity contribution in [1.82, 2.24) is 4.90 Å². The second kappa shape index (κ2) is 5.81. The number of carbonyl (C=O) groups excluding carboxylic acids is 1. The van der Waals surface area contributed by atoms with E-state index in [1.165, 1.54) is 0 Å². The molecule has 5 nitrogen and oxygen atoms in total. The molecule has 1 aliphatic rings. The fraction of sp³-hybridized carbons (Fsp3) is 0.429. The Balaban J connectivity index is 2.18. The van der Waals surface area contributed by atoms with Crippen LogP contribution in [0, 0.1) is 0 Å². The first-order valence-corrected chi connectivity index (χ1v) is 6.82. The molecule has 108 valence electrons. The van der Waals surface area contributed by atoms with Gasteiger partial charge in [0.25, 0.3) is 0 Å². The number of amides is 1. The summed E-state index contributed by atoms with van der Waals surface area (Å²) in [6.45, 7) is 2.12. The largest absolute Gasteiger partial charge is 0.480 e. The number of rotatable bonds is 4. The minimum Gasteiger partial charge on any atom is -0.480 e. The zero-order chi connectivity index (χ0) is 14.9. The lowest BCUT2D eigenvalue weighted by Gasteiger charge is -2.27. The standard InChI is InChI=1S/C14H17ClN2O3/c1-9(14(19)20)16(2)12-7-8-17(13(12)18)11-6-4-3-5-10(11)15/h3-6,9,12H,7-8H2,1-2H3,(H,19,20)/t9-,12+/m1/s1. The maximum atomic E-state index is 12.5. The Bertz CT molecular complexity index is 535. The van der Waals surface area contributed by atoms with Crippen LogP contribution in [-0.4, -0.2) is 47.6 Å². The topological polar surface area (TPSA) is 60.9 Å². The highest BCUT2D eigenvalue weighted by Gasteiger charge is 2.38. The molecule has 2 atom stereocenters. The summed E-state index contributed by atoms with van der Waals surface area (Å²) in [6.07, 6.45) is 0.595. The van der Waals surface area contributed by atoms with E-state index in [1.807, 2.05) is 12.1 Å². The quantitative estimate of drug-likeness (QED) is 0.921. The maximum absolute atomic E-state index is 12.5. The monoisotopic (exact) mass is 296 g/mol. The molecule has 0 aliphatic carbocycles. The lowest BCUT2D eigenvalue weighted by Crippen LogP contribution is -2.47. The predicted molar refractivity (Wildman–Crippen MR) is 77.1 cm³/mol. The van der Waals surface area contributed by atoms with Crippen molar-refractivity contribution in [3.8, 4) is 0 Å². The molecular formula is C14H17ClN2O3. The van der Waals surface area contributed by atoms with E-state index in [9.17, 15) is 9.59 Å². The van der Waals surface area contributed by atoms with Crippen LogP contribution in [0.15, 0.2) is 24.3 Å². The Hall–Kier alpha value is -1.59. The van der Waals surface area contributed by atoms with Crippen LogP contribution in [0.5, 0.6) is 0 Å². The molecule has 20 heavy (non-hydrogen) atoms. The number of carboxylic acid groups (broad SMARTS) is 1. The van der Waals surface area contributed by atoms with Crippen molar-refractivity contribution in [2.45, 2.75) is 25.4 Å². The van der Waals surface area contributed by atoms with Crippen LogP contribution in [0.2, 0.25) is 5.02 Å². The summed E-state index contributed by atoms with van der Waals surface area (Å²) in [6, 6.07) is 6.05. The smallest absolute Gasteiger partial charge is 0.320 e. The van der Waals surface area contributed by atoms with Crippen molar-refractivity contribution < 1.29 is 14.7 Å². The number of carboxylic acids is 1. The Kier molecular flexibility index (Phi) is 4.30. The summed E-state index contributed by atoms with van der Waals surface area (Å²) in [7, 11) is 1.66. The number of para-hydroxylation sites is 1. The minimum atomic E-state index is -0.934. The van der Waals surface area contributed by atoms with E-state index in [2.05, 4.69) is 0 Å². The molecule has 6 heteroatoms. The summed E-state index contributed by atoms with van der Waals surface area (Å²) in [5, 5.41) is 9.56. The number of anilines is 1. The van der Waals surface area contributed by atoms with Gasteiger partial charge in [-0.15, -0.1) is 0 Å². The number of hydrogen-bond donors (Lipinski definition) is 1. The molecular weight excluding hydrogens is 280 g/mol. The third-order valence-electron chi connectivity index (χ3n) is 3.78. The molecule has 1 N–H and O–H groups in total. The molecule has 1 fully saturated rings. The van der Waals surface area contributed by atoms with Crippen molar-refractivity contribution in [3.05, 3.63) is 29.3 Å². The van der Waals surface area contributed by atoms with Gasteiger partial charge in [-0.3, -0.25) is 14.5 Å². The molecule has 1 amide bonds. The number of nitrogens with zero attached hydrogens (tertiary/aromatic N) is 2. The second-order valence-electron chi connectivity index (χ2n) is 4.93. The molecule has 0 bridgehead atoms. The van der Waals surface area contributed by atoms with Gasteiger partial charge >= 0.3 is 5.97 Å². The molecule has 1 saturated heterocycles.